The number of nitrogens with zero attached hydrogens (tertiary/aromatic N) is 1. The van der Waals surface area contributed by atoms with Gasteiger partial charge in [0.05, 0.1) is 5.92 Å². The summed E-state index contributed by atoms with van der Waals surface area (Å²) in [4.78, 5) is 15.0. The van der Waals surface area contributed by atoms with Crippen LogP contribution in [0.1, 0.15) is 31.0 Å². The third-order valence-electron chi connectivity index (χ3n) is 4.72. The van der Waals surface area contributed by atoms with Gasteiger partial charge in [0.25, 0.3) is 0 Å². The van der Waals surface area contributed by atoms with Crippen LogP contribution in [0.3, 0.4) is 0 Å². The van der Waals surface area contributed by atoms with Gasteiger partial charge in [0.15, 0.2) is 0 Å². The first-order valence-corrected chi connectivity index (χ1v) is 8.27. The number of carbonyl (C=O) groups excluding carboxylic acids is 1. The van der Waals surface area contributed by atoms with E-state index in [4.69, 9.17) is 5.73 Å². The maximum atomic E-state index is 13.1. The highest BCUT2D eigenvalue weighted by Gasteiger charge is 2.31. The maximum Gasteiger partial charge on any atom is 0.231 e. The van der Waals surface area contributed by atoms with E-state index in [1.807, 2.05) is 60.4 Å². The quantitative estimate of drug-likeness (QED) is 0.915. The first-order chi connectivity index (χ1) is 11.1. The van der Waals surface area contributed by atoms with E-state index in [0.717, 1.165) is 24.2 Å². The molecule has 4 heteroatoms. The van der Waals surface area contributed by atoms with E-state index in [2.05, 4.69) is 13.0 Å². The van der Waals surface area contributed by atoms with E-state index in [0.29, 0.717) is 5.92 Å². The third-order valence-corrected chi connectivity index (χ3v) is 4.72. The Kier molecular flexibility index (Phi) is 6.03. The molecular formula is C20H25ClN2O. The van der Waals surface area contributed by atoms with Gasteiger partial charge in [-0.2, -0.15) is 0 Å². The summed E-state index contributed by atoms with van der Waals surface area (Å²) in [6.45, 7) is 4.89. The Bertz CT molecular complexity index is 689. The zero-order valence-electron chi connectivity index (χ0n) is 14.2. The monoisotopic (exact) mass is 344 g/mol. The SMILES string of the molecule is CC1Cc2ccccc2N(C(=O)C(C)C(N)c2ccccc2)C1.Cl. The average molecular weight is 345 g/mol. The summed E-state index contributed by atoms with van der Waals surface area (Å²) in [6, 6.07) is 17.8. The minimum atomic E-state index is -0.284. The molecule has 128 valence electrons. The van der Waals surface area contributed by atoms with Crippen molar-refractivity contribution in [3.05, 3.63) is 65.7 Å². The first-order valence-electron chi connectivity index (χ1n) is 8.27. The number of halogens is 1. The molecule has 0 spiro atoms. The van der Waals surface area contributed by atoms with Gasteiger partial charge in [-0.05, 0) is 29.5 Å². The van der Waals surface area contributed by atoms with Gasteiger partial charge in [-0.1, -0.05) is 62.4 Å². The van der Waals surface area contributed by atoms with Crippen molar-refractivity contribution in [1.82, 2.24) is 0 Å². The number of carbonyl (C=O) groups is 1. The number of fused-ring (bicyclic) bond motifs is 1. The Balaban J connectivity index is 0.00000208. The summed E-state index contributed by atoms with van der Waals surface area (Å²) in [5.41, 5.74) is 9.65. The number of rotatable bonds is 3. The van der Waals surface area contributed by atoms with E-state index in [1.54, 1.807) is 0 Å². The number of hydrogen-bond donors (Lipinski definition) is 1. The van der Waals surface area contributed by atoms with Crippen LogP contribution in [0.2, 0.25) is 0 Å². The lowest BCUT2D eigenvalue weighted by Crippen LogP contribution is -2.44. The molecule has 0 saturated carbocycles. The molecule has 24 heavy (non-hydrogen) atoms. The third kappa shape index (κ3) is 3.63. The average Bonchev–Trinajstić information content (AvgIpc) is 2.59. The fourth-order valence-corrected chi connectivity index (χ4v) is 3.37. The highest BCUT2D eigenvalue weighted by atomic mass is 35.5. The van der Waals surface area contributed by atoms with Crippen LogP contribution in [0.25, 0.3) is 0 Å². The number of benzene rings is 2. The molecule has 0 bridgehead atoms. The Hall–Kier alpha value is -1.84. The molecule has 2 aromatic carbocycles. The van der Waals surface area contributed by atoms with E-state index >= 15 is 0 Å². The zero-order valence-corrected chi connectivity index (χ0v) is 15.0. The van der Waals surface area contributed by atoms with Crippen LogP contribution in [0.4, 0.5) is 5.69 Å². The van der Waals surface area contributed by atoms with Crippen molar-refractivity contribution < 1.29 is 4.79 Å². The van der Waals surface area contributed by atoms with Gasteiger partial charge in [-0.3, -0.25) is 4.79 Å². The Labute approximate surface area is 150 Å². The molecule has 1 heterocycles. The molecule has 2 aromatic rings. The summed E-state index contributed by atoms with van der Waals surface area (Å²) in [7, 11) is 0. The summed E-state index contributed by atoms with van der Waals surface area (Å²) >= 11 is 0. The Morgan fingerprint density at radius 2 is 1.75 bits per heavy atom. The van der Waals surface area contributed by atoms with Crippen LogP contribution in [0, 0.1) is 11.8 Å². The van der Waals surface area contributed by atoms with Crippen molar-refractivity contribution in [2.75, 3.05) is 11.4 Å². The molecule has 0 aliphatic carbocycles. The van der Waals surface area contributed by atoms with Gasteiger partial charge in [0.1, 0.15) is 0 Å². The van der Waals surface area contributed by atoms with E-state index in [1.165, 1.54) is 5.56 Å². The summed E-state index contributed by atoms with van der Waals surface area (Å²) in [5, 5.41) is 0. The van der Waals surface area contributed by atoms with Crippen molar-refractivity contribution in [1.29, 1.82) is 0 Å². The van der Waals surface area contributed by atoms with Crippen molar-refractivity contribution in [3.8, 4) is 0 Å². The molecular weight excluding hydrogens is 320 g/mol. The zero-order chi connectivity index (χ0) is 16.4. The molecule has 1 aliphatic rings. The van der Waals surface area contributed by atoms with Crippen molar-refractivity contribution in [2.45, 2.75) is 26.3 Å². The van der Waals surface area contributed by atoms with Crippen LogP contribution in [-0.4, -0.2) is 12.5 Å². The molecule has 2 N–H and O–H groups in total. The highest BCUT2D eigenvalue weighted by Crippen LogP contribution is 2.32. The molecule has 0 radical (unpaired) electrons. The number of nitrogens with two attached hydrogens (primary N) is 1. The van der Waals surface area contributed by atoms with E-state index in [9.17, 15) is 4.79 Å². The molecule has 1 aliphatic heterocycles. The smallest absolute Gasteiger partial charge is 0.231 e. The van der Waals surface area contributed by atoms with Crippen LogP contribution in [0.5, 0.6) is 0 Å². The minimum Gasteiger partial charge on any atom is -0.323 e. The second-order valence-corrected chi connectivity index (χ2v) is 6.61. The van der Waals surface area contributed by atoms with Gasteiger partial charge in [0, 0.05) is 18.3 Å². The molecule has 0 saturated heterocycles. The van der Waals surface area contributed by atoms with Gasteiger partial charge in [0.2, 0.25) is 5.91 Å². The number of amides is 1. The normalized spacial score (nSPS) is 19.0. The van der Waals surface area contributed by atoms with Crippen molar-refractivity contribution >= 4 is 24.0 Å². The first kappa shape index (κ1) is 18.5. The fourth-order valence-electron chi connectivity index (χ4n) is 3.37. The second-order valence-electron chi connectivity index (χ2n) is 6.61. The van der Waals surface area contributed by atoms with Crippen LogP contribution in [-0.2, 0) is 11.2 Å². The topological polar surface area (TPSA) is 46.3 Å². The van der Waals surface area contributed by atoms with E-state index < -0.39 is 0 Å². The largest absolute Gasteiger partial charge is 0.323 e. The lowest BCUT2D eigenvalue weighted by atomic mass is 9.90. The summed E-state index contributed by atoms with van der Waals surface area (Å²) < 4.78 is 0. The maximum absolute atomic E-state index is 13.1. The van der Waals surface area contributed by atoms with Crippen molar-refractivity contribution in [2.24, 2.45) is 17.6 Å². The number of anilines is 1. The molecule has 3 rings (SSSR count). The molecule has 1 amide bonds. The Morgan fingerprint density at radius 1 is 1.12 bits per heavy atom. The number of para-hydroxylation sites is 1. The van der Waals surface area contributed by atoms with Crippen LogP contribution < -0.4 is 10.6 Å². The summed E-state index contributed by atoms with van der Waals surface area (Å²) in [5.74, 6) is 0.324. The fraction of sp³-hybridized carbons (Fsp3) is 0.350. The standard InChI is InChI=1S/C20H24N2O.ClH/c1-14-12-17-10-6-7-11-18(17)22(13-14)20(23)15(2)19(21)16-8-4-3-5-9-16;/h3-11,14-15,19H,12-13,21H2,1-2H3;1H. The summed E-state index contributed by atoms with van der Waals surface area (Å²) in [6.07, 6.45) is 1.03. The lowest BCUT2D eigenvalue weighted by Gasteiger charge is -2.36. The van der Waals surface area contributed by atoms with Crippen LogP contribution >= 0.6 is 12.4 Å². The van der Waals surface area contributed by atoms with Crippen molar-refractivity contribution in [3.63, 3.8) is 0 Å². The predicted octanol–water partition coefficient (Wildman–Crippen LogP) is 3.97. The van der Waals surface area contributed by atoms with Crippen LogP contribution in [0.15, 0.2) is 54.6 Å². The Morgan fingerprint density at radius 3 is 2.46 bits per heavy atom. The van der Waals surface area contributed by atoms with E-state index in [-0.39, 0.29) is 30.3 Å². The molecule has 3 nitrogen and oxygen atoms in total. The lowest BCUT2D eigenvalue weighted by molar-refractivity contribution is -0.122. The van der Waals surface area contributed by atoms with Gasteiger partial charge < -0.3 is 10.6 Å². The molecule has 3 unspecified atom stereocenters. The predicted molar refractivity (Wildman–Crippen MR) is 101 cm³/mol. The molecule has 0 aromatic heterocycles. The minimum absolute atomic E-state index is 0. The van der Waals surface area contributed by atoms with Gasteiger partial charge >= 0.3 is 0 Å². The molecule has 3 atom stereocenters. The number of hydrogen-bond acceptors (Lipinski definition) is 2. The van der Waals surface area contributed by atoms with Gasteiger partial charge in [-0.15, -0.1) is 12.4 Å². The molecule has 0 fully saturated rings. The highest BCUT2D eigenvalue weighted by molar-refractivity contribution is 5.96. The second kappa shape index (κ2) is 7.82. The van der Waals surface area contributed by atoms with Gasteiger partial charge in [-0.25, -0.2) is 0 Å².